The molecule has 1 fully saturated rings. The first-order chi connectivity index (χ1) is 12.0. The van der Waals surface area contributed by atoms with Crippen LogP contribution in [0.1, 0.15) is 11.1 Å². The molecule has 0 saturated carbocycles. The second-order valence-electron chi connectivity index (χ2n) is 5.44. The molecule has 3 rings (SSSR count). The lowest BCUT2D eigenvalue weighted by Gasteiger charge is -2.17. The molecular weight excluding hydrogens is 329 g/mol. The van der Waals surface area contributed by atoms with E-state index in [1.807, 2.05) is 6.07 Å². The Morgan fingerprint density at radius 2 is 1.72 bits per heavy atom. The van der Waals surface area contributed by atoms with E-state index < -0.39 is 30.0 Å². The predicted molar refractivity (Wildman–Crippen MR) is 83.8 cm³/mol. The topological polar surface area (TPSA) is 72.9 Å². The first-order valence-electron chi connectivity index (χ1n) is 7.54. The maximum absolute atomic E-state index is 13.0. The normalized spacial score (nSPS) is 16.7. The van der Waals surface area contributed by atoms with Gasteiger partial charge in [-0.3, -0.25) is 0 Å². The third-order valence-corrected chi connectivity index (χ3v) is 3.71. The van der Waals surface area contributed by atoms with Crippen LogP contribution in [0.25, 0.3) is 0 Å². The van der Waals surface area contributed by atoms with E-state index >= 15 is 0 Å². The Hall–Kier alpha value is -3.22. The molecule has 7 heteroatoms. The Balaban J connectivity index is 1.70. The number of halogens is 1. The summed E-state index contributed by atoms with van der Waals surface area (Å²) in [4.78, 5) is 36.6. The summed E-state index contributed by atoms with van der Waals surface area (Å²) in [6.07, 6.45) is -2.02. The van der Waals surface area contributed by atoms with E-state index in [-0.39, 0.29) is 13.0 Å². The summed E-state index contributed by atoms with van der Waals surface area (Å²) in [5, 5.41) is 0. The van der Waals surface area contributed by atoms with Gasteiger partial charge in [0, 0.05) is 6.42 Å². The summed E-state index contributed by atoms with van der Waals surface area (Å²) in [6.45, 7) is -0.0408. The maximum atomic E-state index is 13.0. The summed E-state index contributed by atoms with van der Waals surface area (Å²) in [6, 6.07) is 13.2. The Labute approximate surface area is 142 Å². The molecule has 2 aromatic rings. The van der Waals surface area contributed by atoms with Gasteiger partial charge in [0.05, 0.1) is 0 Å². The van der Waals surface area contributed by atoms with Gasteiger partial charge in [0.25, 0.3) is 0 Å². The van der Waals surface area contributed by atoms with E-state index in [0.717, 1.165) is 5.56 Å². The summed E-state index contributed by atoms with van der Waals surface area (Å²) < 4.78 is 22.6. The molecule has 25 heavy (non-hydrogen) atoms. The minimum absolute atomic E-state index is 0.0191. The van der Waals surface area contributed by atoms with Gasteiger partial charge in [0.2, 0.25) is 0 Å². The predicted octanol–water partition coefficient (Wildman–Crippen LogP) is 3.05. The van der Waals surface area contributed by atoms with Crippen molar-refractivity contribution in [2.24, 2.45) is 0 Å². The molecule has 1 aliphatic heterocycles. The highest BCUT2D eigenvalue weighted by molar-refractivity contribution is 6.03. The lowest BCUT2D eigenvalue weighted by Crippen LogP contribution is -2.41. The average molecular weight is 343 g/mol. The number of nitrogens with zero attached hydrogens (tertiary/aromatic N) is 1. The van der Waals surface area contributed by atoms with E-state index in [0.29, 0.717) is 10.5 Å². The number of imide groups is 1. The van der Waals surface area contributed by atoms with Gasteiger partial charge in [-0.1, -0.05) is 42.5 Å². The number of rotatable bonds is 4. The minimum atomic E-state index is -1.14. The highest BCUT2D eigenvalue weighted by Crippen LogP contribution is 2.20. The zero-order valence-corrected chi connectivity index (χ0v) is 13.1. The number of amides is 2. The molecule has 2 amide bonds. The van der Waals surface area contributed by atoms with Crippen LogP contribution in [-0.2, 0) is 27.3 Å². The van der Waals surface area contributed by atoms with Crippen LogP contribution < -0.4 is 0 Å². The SMILES string of the molecule is O=C1OC(=O)N(C(=O)OCc2ccccc2)C1Cc1ccc(F)cc1. The first-order valence-corrected chi connectivity index (χ1v) is 7.54. The lowest BCUT2D eigenvalue weighted by atomic mass is 10.1. The third kappa shape index (κ3) is 3.82. The van der Waals surface area contributed by atoms with Crippen molar-refractivity contribution in [1.29, 1.82) is 0 Å². The van der Waals surface area contributed by atoms with Crippen LogP contribution in [0.15, 0.2) is 54.6 Å². The van der Waals surface area contributed by atoms with Crippen molar-refractivity contribution < 1.29 is 28.2 Å². The van der Waals surface area contributed by atoms with Crippen LogP contribution >= 0.6 is 0 Å². The summed E-state index contributed by atoms with van der Waals surface area (Å²) in [5.74, 6) is -1.26. The van der Waals surface area contributed by atoms with Crippen molar-refractivity contribution >= 4 is 18.2 Å². The van der Waals surface area contributed by atoms with Crippen LogP contribution in [0.2, 0.25) is 0 Å². The van der Waals surface area contributed by atoms with Gasteiger partial charge in [0.15, 0.2) is 0 Å². The Bertz CT molecular complexity index is 791. The van der Waals surface area contributed by atoms with E-state index in [9.17, 15) is 18.8 Å². The van der Waals surface area contributed by atoms with Crippen LogP contribution in [-0.4, -0.2) is 29.1 Å². The standard InChI is InChI=1S/C18H14FNO5/c19-14-8-6-12(7-9-14)10-15-16(21)25-18(23)20(15)17(22)24-11-13-4-2-1-3-5-13/h1-9,15H,10-11H2. The zero-order valence-electron chi connectivity index (χ0n) is 13.1. The van der Waals surface area contributed by atoms with Gasteiger partial charge in [-0.15, -0.1) is 0 Å². The molecule has 0 aromatic heterocycles. The number of cyclic esters (lactones) is 2. The molecular formula is C18H14FNO5. The molecule has 1 atom stereocenters. The van der Waals surface area contributed by atoms with Gasteiger partial charge >= 0.3 is 18.2 Å². The molecule has 128 valence electrons. The lowest BCUT2D eigenvalue weighted by molar-refractivity contribution is -0.135. The number of benzene rings is 2. The van der Waals surface area contributed by atoms with Crippen LogP contribution in [0.4, 0.5) is 14.0 Å². The van der Waals surface area contributed by atoms with E-state index in [2.05, 4.69) is 4.74 Å². The van der Waals surface area contributed by atoms with Crippen LogP contribution in [0, 0.1) is 5.82 Å². The number of hydrogen-bond acceptors (Lipinski definition) is 5. The van der Waals surface area contributed by atoms with E-state index in [1.54, 1.807) is 24.3 Å². The van der Waals surface area contributed by atoms with E-state index in [1.165, 1.54) is 24.3 Å². The van der Waals surface area contributed by atoms with Crippen molar-refractivity contribution in [1.82, 2.24) is 4.90 Å². The molecule has 6 nitrogen and oxygen atoms in total. The molecule has 0 radical (unpaired) electrons. The summed E-state index contributed by atoms with van der Waals surface area (Å²) in [7, 11) is 0. The van der Waals surface area contributed by atoms with Crippen LogP contribution in [0.5, 0.6) is 0 Å². The van der Waals surface area contributed by atoms with Crippen molar-refractivity contribution in [2.75, 3.05) is 0 Å². The molecule has 2 aromatic carbocycles. The average Bonchev–Trinajstić information content (AvgIpc) is 2.89. The van der Waals surface area contributed by atoms with Crippen molar-refractivity contribution in [3.8, 4) is 0 Å². The fourth-order valence-electron chi connectivity index (χ4n) is 2.44. The minimum Gasteiger partial charge on any atom is -0.444 e. The molecule has 0 spiro atoms. The van der Waals surface area contributed by atoms with Crippen molar-refractivity contribution in [3.05, 3.63) is 71.5 Å². The number of esters is 1. The zero-order chi connectivity index (χ0) is 17.8. The maximum Gasteiger partial charge on any atom is 0.427 e. The molecule has 1 saturated heterocycles. The van der Waals surface area contributed by atoms with Gasteiger partial charge in [-0.25, -0.2) is 18.8 Å². The summed E-state index contributed by atoms with van der Waals surface area (Å²) >= 11 is 0. The Kier molecular flexibility index (Phi) is 4.74. The molecule has 0 bridgehead atoms. The fourth-order valence-corrected chi connectivity index (χ4v) is 2.44. The number of carbonyl (C=O) groups excluding carboxylic acids is 3. The highest BCUT2D eigenvalue weighted by atomic mass is 19.1. The number of carbonyl (C=O) groups is 3. The number of ether oxygens (including phenoxy) is 2. The second-order valence-corrected chi connectivity index (χ2v) is 5.44. The molecule has 0 N–H and O–H groups in total. The van der Waals surface area contributed by atoms with Gasteiger partial charge in [-0.05, 0) is 23.3 Å². The largest absolute Gasteiger partial charge is 0.444 e. The third-order valence-electron chi connectivity index (χ3n) is 3.71. The van der Waals surface area contributed by atoms with Gasteiger partial charge in [0.1, 0.15) is 18.5 Å². The monoisotopic (exact) mass is 343 g/mol. The highest BCUT2D eigenvalue weighted by Gasteiger charge is 2.46. The van der Waals surface area contributed by atoms with Crippen LogP contribution in [0.3, 0.4) is 0 Å². The quantitative estimate of drug-likeness (QED) is 0.630. The van der Waals surface area contributed by atoms with Crippen molar-refractivity contribution in [3.63, 3.8) is 0 Å². The Morgan fingerprint density at radius 3 is 2.40 bits per heavy atom. The Morgan fingerprint density at radius 1 is 1.04 bits per heavy atom. The van der Waals surface area contributed by atoms with E-state index in [4.69, 9.17) is 4.74 Å². The molecule has 1 heterocycles. The number of hydrogen-bond donors (Lipinski definition) is 0. The molecule has 1 aliphatic rings. The van der Waals surface area contributed by atoms with Gasteiger partial charge in [-0.2, -0.15) is 4.90 Å². The smallest absolute Gasteiger partial charge is 0.427 e. The summed E-state index contributed by atoms with van der Waals surface area (Å²) in [5.41, 5.74) is 1.32. The van der Waals surface area contributed by atoms with Crippen molar-refractivity contribution in [2.45, 2.75) is 19.1 Å². The first kappa shape index (κ1) is 16.6. The second kappa shape index (κ2) is 7.12. The van der Waals surface area contributed by atoms with Gasteiger partial charge < -0.3 is 9.47 Å². The fraction of sp³-hybridized carbons (Fsp3) is 0.167. The molecule has 0 aliphatic carbocycles. The molecule has 1 unspecified atom stereocenters.